The van der Waals surface area contributed by atoms with Crippen molar-refractivity contribution in [1.82, 2.24) is 0 Å². The summed E-state index contributed by atoms with van der Waals surface area (Å²) in [5, 5.41) is 17.9. The van der Waals surface area contributed by atoms with E-state index in [1.807, 2.05) is 20.8 Å². The molecular weight excluding hydrogens is 315 g/mol. The SMILES string of the molecule is C/C(=N\SC(C)(C)C)c1cccc(C(F)(F)C(O)CO)c1F. The van der Waals surface area contributed by atoms with Gasteiger partial charge in [-0.25, -0.2) is 8.79 Å². The summed E-state index contributed by atoms with van der Waals surface area (Å²) in [6, 6.07) is 3.51. The van der Waals surface area contributed by atoms with Crippen molar-refractivity contribution >= 4 is 17.7 Å². The highest BCUT2D eigenvalue weighted by molar-refractivity contribution is 7.99. The van der Waals surface area contributed by atoms with Gasteiger partial charge < -0.3 is 10.2 Å². The highest BCUT2D eigenvalue weighted by atomic mass is 32.2. The molecule has 2 N–H and O–H groups in total. The van der Waals surface area contributed by atoms with Crippen molar-refractivity contribution in [2.45, 2.75) is 44.5 Å². The Morgan fingerprint density at radius 2 is 1.91 bits per heavy atom. The minimum Gasteiger partial charge on any atom is -0.393 e. The van der Waals surface area contributed by atoms with Crippen molar-refractivity contribution in [3.05, 3.63) is 35.1 Å². The smallest absolute Gasteiger partial charge is 0.303 e. The Balaban J connectivity index is 3.24. The van der Waals surface area contributed by atoms with Crippen LogP contribution in [0.5, 0.6) is 0 Å². The first-order valence-electron chi connectivity index (χ1n) is 6.69. The predicted octanol–water partition coefficient (Wildman–Crippen LogP) is 3.53. The summed E-state index contributed by atoms with van der Waals surface area (Å²) in [5.74, 6) is -5.03. The molecule has 0 bridgehead atoms. The van der Waals surface area contributed by atoms with E-state index in [4.69, 9.17) is 5.11 Å². The first kappa shape index (κ1) is 19.0. The van der Waals surface area contributed by atoms with Crippen LogP contribution in [0.2, 0.25) is 0 Å². The number of nitrogens with zero attached hydrogens (tertiary/aromatic N) is 1. The zero-order valence-electron chi connectivity index (χ0n) is 12.9. The zero-order chi connectivity index (χ0) is 17.1. The minimum atomic E-state index is -3.88. The molecule has 1 aromatic carbocycles. The predicted molar refractivity (Wildman–Crippen MR) is 82.9 cm³/mol. The average Bonchev–Trinajstić information content (AvgIpc) is 2.43. The van der Waals surface area contributed by atoms with E-state index in [9.17, 15) is 18.3 Å². The lowest BCUT2D eigenvalue weighted by Gasteiger charge is -2.22. The number of aliphatic hydroxyl groups excluding tert-OH is 2. The highest BCUT2D eigenvalue weighted by Crippen LogP contribution is 2.35. The summed E-state index contributed by atoms with van der Waals surface area (Å²) in [6.45, 7) is 6.14. The molecule has 0 saturated carbocycles. The molecule has 0 fully saturated rings. The molecule has 0 saturated heterocycles. The van der Waals surface area contributed by atoms with Crippen LogP contribution in [0.3, 0.4) is 0 Å². The summed E-state index contributed by atoms with van der Waals surface area (Å²) < 4.78 is 46.2. The van der Waals surface area contributed by atoms with Crippen molar-refractivity contribution in [2.75, 3.05) is 6.61 Å². The first-order chi connectivity index (χ1) is 10.0. The van der Waals surface area contributed by atoms with Gasteiger partial charge in [0.25, 0.3) is 0 Å². The van der Waals surface area contributed by atoms with Gasteiger partial charge in [-0.15, -0.1) is 0 Å². The van der Waals surface area contributed by atoms with Gasteiger partial charge in [-0.1, -0.05) is 12.1 Å². The van der Waals surface area contributed by atoms with Crippen LogP contribution >= 0.6 is 11.9 Å². The summed E-state index contributed by atoms with van der Waals surface area (Å²) in [5.41, 5.74) is -0.741. The van der Waals surface area contributed by atoms with Crippen LogP contribution in [0.1, 0.15) is 38.8 Å². The van der Waals surface area contributed by atoms with E-state index < -0.39 is 30.0 Å². The van der Waals surface area contributed by atoms with E-state index >= 15 is 0 Å². The van der Waals surface area contributed by atoms with Crippen LogP contribution < -0.4 is 0 Å². The van der Waals surface area contributed by atoms with Crippen molar-refractivity contribution in [3.63, 3.8) is 0 Å². The number of hydrogen-bond donors (Lipinski definition) is 2. The number of hydrogen-bond acceptors (Lipinski definition) is 4. The lowest BCUT2D eigenvalue weighted by Crippen LogP contribution is -2.35. The molecule has 124 valence electrons. The molecular formula is C15H20F3NO2S. The topological polar surface area (TPSA) is 52.8 Å². The molecule has 0 aliphatic carbocycles. The molecule has 1 unspecified atom stereocenters. The monoisotopic (exact) mass is 335 g/mol. The molecule has 0 spiro atoms. The lowest BCUT2D eigenvalue weighted by atomic mass is 9.98. The van der Waals surface area contributed by atoms with Gasteiger partial charge in [0.05, 0.1) is 17.9 Å². The van der Waals surface area contributed by atoms with Gasteiger partial charge in [0.15, 0.2) is 0 Å². The van der Waals surface area contributed by atoms with Crippen LogP contribution in [0, 0.1) is 5.82 Å². The number of alkyl halides is 2. The molecule has 0 aliphatic rings. The van der Waals surface area contributed by atoms with Gasteiger partial charge >= 0.3 is 5.92 Å². The fraction of sp³-hybridized carbons (Fsp3) is 0.533. The average molecular weight is 335 g/mol. The fourth-order valence-electron chi connectivity index (χ4n) is 1.62. The Hall–Kier alpha value is -1.05. The van der Waals surface area contributed by atoms with Crippen LogP contribution in [-0.4, -0.2) is 33.4 Å². The molecule has 0 amide bonds. The fourth-order valence-corrected chi connectivity index (χ4v) is 2.13. The van der Waals surface area contributed by atoms with Crippen molar-refractivity contribution in [2.24, 2.45) is 4.40 Å². The third-order valence-corrected chi connectivity index (χ3v) is 3.71. The van der Waals surface area contributed by atoms with Crippen LogP contribution in [0.15, 0.2) is 22.6 Å². The Morgan fingerprint density at radius 3 is 2.41 bits per heavy atom. The summed E-state index contributed by atoms with van der Waals surface area (Å²) in [4.78, 5) is 0. The van der Waals surface area contributed by atoms with Crippen molar-refractivity contribution < 1.29 is 23.4 Å². The molecule has 0 radical (unpaired) electrons. The third-order valence-electron chi connectivity index (χ3n) is 2.80. The Kier molecular flexibility index (Phi) is 6.06. The van der Waals surface area contributed by atoms with Gasteiger partial charge in [-0.3, -0.25) is 0 Å². The first-order valence-corrected chi connectivity index (χ1v) is 7.47. The van der Waals surface area contributed by atoms with E-state index in [-0.39, 0.29) is 16.0 Å². The molecule has 3 nitrogen and oxygen atoms in total. The second kappa shape index (κ2) is 7.02. The highest BCUT2D eigenvalue weighted by Gasteiger charge is 2.42. The van der Waals surface area contributed by atoms with Gasteiger partial charge in [-0.05, 0) is 45.7 Å². The van der Waals surface area contributed by atoms with E-state index in [0.717, 1.165) is 6.07 Å². The van der Waals surface area contributed by atoms with Gasteiger partial charge in [0, 0.05) is 10.3 Å². The molecule has 7 heteroatoms. The van der Waals surface area contributed by atoms with Gasteiger partial charge in [-0.2, -0.15) is 8.78 Å². The maximum atomic E-state index is 14.4. The number of aliphatic hydroxyl groups is 2. The van der Waals surface area contributed by atoms with Crippen molar-refractivity contribution in [3.8, 4) is 0 Å². The van der Waals surface area contributed by atoms with E-state index in [1.165, 1.54) is 31.0 Å². The zero-order valence-corrected chi connectivity index (χ0v) is 13.7. The maximum absolute atomic E-state index is 14.4. The van der Waals surface area contributed by atoms with Gasteiger partial charge in [0.2, 0.25) is 0 Å². The van der Waals surface area contributed by atoms with E-state index in [2.05, 4.69) is 4.40 Å². The minimum absolute atomic E-state index is 0.0564. The number of benzene rings is 1. The third kappa shape index (κ3) is 4.47. The van der Waals surface area contributed by atoms with Crippen LogP contribution in [0.25, 0.3) is 0 Å². The molecule has 0 aromatic heterocycles. The van der Waals surface area contributed by atoms with Crippen LogP contribution in [0.4, 0.5) is 13.2 Å². The van der Waals surface area contributed by atoms with Gasteiger partial charge in [0.1, 0.15) is 11.9 Å². The molecule has 22 heavy (non-hydrogen) atoms. The molecule has 0 aliphatic heterocycles. The molecule has 1 atom stereocenters. The molecule has 0 heterocycles. The Labute approximate surface area is 132 Å². The number of halogens is 3. The van der Waals surface area contributed by atoms with E-state index in [1.54, 1.807) is 0 Å². The Morgan fingerprint density at radius 1 is 1.32 bits per heavy atom. The normalized spacial score (nSPS) is 15.0. The van der Waals surface area contributed by atoms with Crippen LogP contribution in [-0.2, 0) is 5.92 Å². The van der Waals surface area contributed by atoms with E-state index in [0.29, 0.717) is 0 Å². The largest absolute Gasteiger partial charge is 0.393 e. The Bertz CT molecular complexity index is 556. The standard InChI is InChI=1S/C15H20F3NO2S/c1-9(19-22-14(2,3)4)10-6-5-7-11(13(10)16)15(17,18)12(21)8-20/h5-7,12,20-21H,8H2,1-4H3/b19-9+. The van der Waals surface area contributed by atoms with Crippen molar-refractivity contribution in [1.29, 1.82) is 0 Å². The second-order valence-corrected chi connectivity index (χ2v) is 7.46. The summed E-state index contributed by atoms with van der Waals surface area (Å²) in [7, 11) is 0. The maximum Gasteiger partial charge on any atom is 0.303 e. The lowest BCUT2D eigenvalue weighted by molar-refractivity contribution is -0.133. The number of rotatable bonds is 5. The second-order valence-electron chi connectivity index (χ2n) is 5.87. The summed E-state index contributed by atoms with van der Waals surface area (Å²) in [6.07, 6.45) is -2.36. The molecule has 1 rings (SSSR count). The summed E-state index contributed by atoms with van der Waals surface area (Å²) >= 11 is 1.21. The quantitative estimate of drug-likeness (QED) is 0.639. The molecule has 1 aromatic rings.